The van der Waals surface area contributed by atoms with Gasteiger partial charge in [0.05, 0.1) is 23.0 Å². The van der Waals surface area contributed by atoms with Gasteiger partial charge in [0.15, 0.2) is 0 Å². The molecule has 1 unspecified atom stereocenters. The summed E-state index contributed by atoms with van der Waals surface area (Å²) < 4.78 is 1.79. The number of hydrogen-bond acceptors (Lipinski definition) is 4. The molecule has 0 saturated carbocycles. The van der Waals surface area contributed by atoms with E-state index in [4.69, 9.17) is 17.4 Å². The van der Waals surface area contributed by atoms with Gasteiger partial charge < -0.3 is 0 Å². The monoisotopic (exact) mass is 265 g/mol. The molecular formula is C12H16ClN5. The van der Waals surface area contributed by atoms with Crippen LogP contribution in [0.2, 0.25) is 5.02 Å². The van der Waals surface area contributed by atoms with E-state index in [9.17, 15) is 0 Å². The smallest absolute Gasteiger partial charge is 0.0635 e. The minimum atomic E-state index is 0.0162. The number of nitrogens with one attached hydrogen (secondary N) is 1. The van der Waals surface area contributed by atoms with Crippen molar-refractivity contribution >= 4 is 11.6 Å². The van der Waals surface area contributed by atoms with Crippen molar-refractivity contribution in [1.82, 2.24) is 20.2 Å². The van der Waals surface area contributed by atoms with Gasteiger partial charge in [-0.25, -0.2) is 0 Å². The van der Waals surface area contributed by atoms with E-state index >= 15 is 0 Å². The van der Waals surface area contributed by atoms with Crippen molar-refractivity contribution in [2.75, 3.05) is 0 Å². The molecule has 5 nitrogen and oxygen atoms in total. The van der Waals surface area contributed by atoms with E-state index in [2.05, 4.69) is 15.5 Å². The Bertz CT molecular complexity index is 493. The molecule has 0 amide bonds. The maximum Gasteiger partial charge on any atom is 0.0635 e. The molecule has 1 atom stereocenters. The minimum absolute atomic E-state index is 0.0162. The first-order valence-electron chi connectivity index (χ1n) is 5.74. The Morgan fingerprint density at radius 3 is 2.83 bits per heavy atom. The topological polar surface area (TPSA) is 68.8 Å². The van der Waals surface area contributed by atoms with Crippen LogP contribution in [0.3, 0.4) is 0 Å². The second-order valence-electron chi connectivity index (χ2n) is 4.18. The molecule has 0 aliphatic rings. The van der Waals surface area contributed by atoms with Gasteiger partial charge in [-0.1, -0.05) is 11.6 Å². The van der Waals surface area contributed by atoms with E-state index in [-0.39, 0.29) is 6.04 Å². The summed E-state index contributed by atoms with van der Waals surface area (Å²) in [6.45, 7) is 0. The van der Waals surface area contributed by atoms with E-state index < -0.39 is 0 Å². The lowest BCUT2D eigenvalue weighted by atomic mass is 10.1. The molecule has 2 aromatic heterocycles. The zero-order valence-electron chi connectivity index (χ0n) is 10.2. The van der Waals surface area contributed by atoms with Crippen molar-refractivity contribution in [3.05, 3.63) is 47.0 Å². The normalized spacial score (nSPS) is 12.6. The Kier molecular flexibility index (Phi) is 4.30. The molecule has 2 heterocycles. The fourth-order valence-electron chi connectivity index (χ4n) is 1.82. The quantitative estimate of drug-likeness (QED) is 0.637. The van der Waals surface area contributed by atoms with Crippen LogP contribution in [0, 0.1) is 0 Å². The fraction of sp³-hybridized carbons (Fsp3) is 0.333. The second-order valence-corrected chi connectivity index (χ2v) is 4.62. The number of hydrazine groups is 1. The number of aryl methyl sites for hydroxylation is 2. The summed E-state index contributed by atoms with van der Waals surface area (Å²) in [7, 11) is 1.91. The zero-order valence-corrected chi connectivity index (χ0v) is 10.9. The van der Waals surface area contributed by atoms with Crippen LogP contribution >= 0.6 is 11.6 Å². The highest BCUT2D eigenvalue weighted by Gasteiger charge is 2.11. The van der Waals surface area contributed by atoms with Crippen molar-refractivity contribution < 1.29 is 0 Å². The van der Waals surface area contributed by atoms with Gasteiger partial charge in [0.2, 0.25) is 0 Å². The average Bonchev–Trinajstić information content (AvgIpc) is 2.78. The summed E-state index contributed by atoms with van der Waals surface area (Å²) in [6, 6.07) is 3.72. The number of rotatable bonds is 5. The van der Waals surface area contributed by atoms with Crippen molar-refractivity contribution in [3.8, 4) is 0 Å². The third-order valence-electron chi connectivity index (χ3n) is 2.79. The Morgan fingerprint density at radius 2 is 2.28 bits per heavy atom. The summed E-state index contributed by atoms with van der Waals surface area (Å²) >= 11 is 5.81. The van der Waals surface area contributed by atoms with Crippen LogP contribution in [0.25, 0.3) is 0 Å². The van der Waals surface area contributed by atoms with Crippen LogP contribution in [0.4, 0.5) is 0 Å². The van der Waals surface area contributed by atoms with Gasteiger partial charge in [-0.05, 0) is 30.5 Å². The average molecular weight is 266 g/mol. The largest absolute Gasteiger partial charge is 0.276 e. The first kappa shape index (κ1) is 13.0. The third-order valence-corrected chi connectivity index (χ3v) is 3.01. The molecule has 0 radical (unpaired) electrons. The molecule has 0 bridgehead atoms. The van der Waals surface area contributed by atoms with Crippen molar-refractivity contribution in [3.63, 3.8) is 0 Å². The van der Waals surface area contributed by atoms with E-state index in [0.29, 0.717) is 5.02 Å². The zero-order chi connectivity index (χ0) is 13.0. The van der Waals surface area contributed by atoms with Crippen LogP contribution in [0.15, 0.2) is 30.7 Å². The highest BCUT2D eigenvalue weighted by atomic mass is 35.5. The Morgan fingerprint density at radius 1 is 1.44 bits per heavy atom. The number of nitrogens with two attached hydrogens (primary N) is 1. The first-order valence-corrected chi connectivity index (χ1v) is 6.12. The molecule has 18 heavy (non-hydrogen) atoms. The number of pyridine rings is 1. The Balaban J connectivity index is 1.99. The van der Waals surface area contributed by atoms with Gasteiger partial charge in [0.25, 0.3) is 0 Å². The lowest BCUT2D eigenvalue weighted by Gasteiger charge is -2.14. The van der Waals surface area contributed by atoms with Crippen LogP contribution in [0.1, 0.15) is 23.7 Å². The maximum atomic E-state index is 5.81. The Hall–Kier alpha value is -1.43. The van der Waals surface area contributed by atoms with Crippen molar-refractivity contribution in [2.24, 2.45) is 12.9 Å². The minimum Gasteiger partial charge on any atom is -0.276 e. The number of aromatic nitrogens is 3. The number of nitrogens with zero attached hydrogens (tertiary/aromatic N) is 3. The molecule has 96 valence electrons. The predicted molar refractivity (Wildman–Crippen MR) is 70.8 cm³/mol. The summed E-state index contributed by atoms with van der Waals surface area (Å²) in [6.07, 6.45) is 7.25. The molecule has 0 saturated heterocycles. The molecule has 2 rings (SSSR count). The van der Waals surface area contributed by atoms with Crippen LogP contribution in [-0.2, 0) is 13.5 Å². The van der Waals surface area contributed by atoms with Gasteiger partial charge >= 0.3 is 0 Å². The van der Waals surface area contributed by atoms with Crippen LogP contribution in [-0.4, -0.2) is 14.8 Å². The molecule has 2 aromatic rings. The van der Waals surface area contributed by atoms with E-state index in [1.807, 2.05) is 31.6 Å². The molecule has 0 aliphatic heterocycles. The molecule has 0 aliphatic carbocycles. The van der Waals surface area contributed by atoms with Gasteiger partial charge in [-0.2, -0.15) is 5.10 Å². The standard InChI is InChI=1S/C12H16ClN5/c1-18-8-9(6-16-18)2-4-12(17-14)11-5-3-10(13)7-15-11/h3,5-8,12,17H,2,4,14H2,1H3. The molecule has 0 fully saturated rings. The van der Waals surface area contributed by atoms with Gasteiger partial charge in [0, 0.05) is 19.4 Å². The lowest BCUT2D eigenvalue weighted by Crippen LogP contribution is -2.29. The SMILES string of the molecule is Cn1cc(CCC(NN)c2ccc(Cl)cn2)cn1. The highest BCUT2D eigenvalue weighted by Crippen LogP contribution is 2.18. The van der Waals surface area contributed by atoms with Gasteiger partial charge in [-0.15, -0.1) is 0 Å². The maximum absolute atomic E-state index is 5.81. The lowest BCUT2D eigenvalue weighted by molar-refractivity contribution is 0.504. The second kappa shape index (κ2) is 5.95. The van der Waals surface area contributed by atoms with E-state index in [1.165, 1.54) is 5.56 Å². The Labute approximate surface area is 111 Å². The fourth-order valence-corrected chi connectivity index (χ4v) is 1.93. The third kappa shape index (κ3) is 3.29. The van der Waals surface area contributed by atoms with Crippen LogP contribution in [0.5, 0.6) is 0 Å². The summed E-state index contributed by atoms with van der Waals surface area (Å²) in [4.78, 5) is 4.27. The van der Waals surface area contributed by atoms with Gasteiger partial charge in [0.1, 0.15) is 0 Å². The van der Waals surface area contributed by atoms with Crippen molar-refractivity contribution in [2.45, 2.75) is 18.9 Å². The van der Waals surface area contributed by atoms with Crippen molar-refractivity contribution in [1.29, 1.82) is 0 Å². The van der Waals surface area contributed by atoms with E-state index in [0.717, 1.165) is 18.5 Å². The summed E-state index contributed by atoms with van der Waals surface area (Å²) in [5.41, 5.74) is 4.86. The molecule has 3 N–H and O–H groups in total. The predicted octanol–water partition coefficient (Wildman–Crippen LogP) is 1.61. The summed E-state index contributed by atoms with van der Waals surface area (Å²) in [5, 5.41) is 4.76. The van der Waals surface area contributed by atoms with Crippen LogP contribution < -0.4 is 11.3 Å². The number of halogens is 1. The summed E-state index contributed by atoms with van der Waals surface area (Å²) in [5.74, 6) is 5.57. The molecule has 0 aromatic carbocycles. The van der Waals surface area contributed by atoms with Gasteiger partial charge in [-0.3, -0.25) is 20.9 Å². The molecule has 0 spiro atoms. The first-order chi connectivity index (χ1) is 8.69. The van der Waals surface area contributed by atoms with E-state index in [1.54, 1.807) is 10.9 Å². The molecular weight excluding hydrogens is 250 g/mol. The molecule has 6 heteroatoms. The number of hydrogen-bond donors (Lipinski definition) is 2. The highest BCUT2D eigenvalue weighted by molar-refractivity contribution is 6.30.